The first kappa shape index (κ1) is 16.3. The molecule has 3 aromatic rings. The third-order valence-electron chi connectivity index (χ3n) is 4.13. The van der Waals surface area contributed by atoms with Crippen LogP contribution < -0.4 is 5.48 Å². The quantitative estimate of drug-likeness (QED) is 0.693. The minimum absolute atomic E-state index is 0.166. The Labute approximate surface area is 147 Å². The van der Waals surface area contributed by atoms with Gasteiger partial charge in [-0.15, -0.1) is 0 Å². The Bertz CT molecular complexity index is 906. The van der Waals surface area contributed by atoms with Crippen molar-refractivity contribution in [1.82, 2.24) is 25.0 Å². The second-order valence-corrected chi connectivity index (χ2v) is 5.62. The summed E-state index contributed by atoms with van der Waals surface area (Å²) in [6, 6.07) is 7.48. The third-order valence-corrected chi connectivity index (χ3v) is 4.13. The van der Waals surface area contributed by atoms with Gasteiger partial charge < -0.3 is 9.30 Å². The number of carbonyl (C=O) groups is 1. The van der Waals surface area contributed by atoms with Crippen LogP contribution in [0.3, 0.4) is 0 Å². The van der Waals surface area contributed by atoms with E-state index in [0.717, 1.165) is 0 Å². The maximum absolute atomic E-state index is 13.8. The average molecular weight is 355 g/mol. The van der Waals surface area contributed by atoms with Crippen LogP contribution in [0.15, 0.2) is 61.6 Å². The van der Waals surface area contributed by atoms with Crippen molar-refractivity contribution >= 4 is 5.91 Å². The van der Waals surface area contributed by atoms with E-state index in [4.69, 9.17) is 9.57 Å². The van der Waals surface area contributed by atoms with Gasteiger partial charge in [0.2, 0.25) is 5.72 Å². The molecule has 0 radical (unpaired) electrons. The lowest BCUT2D eigenvalue weighted by Crippen LogP contribution is -2.62. The molecule has 0 saturated carbocycles. The highest BCUT2D eigenvalue weighted by Gasteiger charge is 2.53. The number of imidazole rings is 1. The lowest BCUT2D eigenvalue weighted by molar-refractivity contribution is -0.290. The zero-order chi connectivity index (χ0) is 18.0. The number of aromatic nitrogens is 4. The van der Waals surface area contributed by atoms with Gasteiger partial charge >= 0.3 is 0 Å². The molecule has 8 nitrogen and oxygen atoms in total. The van der Waals surface area contributed by atoms with Gasteiger partial charge in [0.1, 0.15) is 17.8 Å². The summed E-state index contributed by atoms with van der Waals surface area (Å²) in [4.78, 5) is 29.3. The van der Waals surface area contributed by atoms with Gasteiger partial charge in [0.05, 0.1) is 12.9 Å². The number of rotatable bonds is 5. The summed E-state index contributed by atoms with van der Waals surface area (Å²) in [7, 11) is 0. The summed E-state index contributed by atoms with van der Waals surface area (Å²) in [6.45, 7) is 0.207. The van der Waals surface area contributed by atoms with Gasteiger partial charge in [-0.1, -0.05) is 12.1 Å². The molecular weight excluding hydrogens is 341 g/mol. The third kappa shape index (κ3) is 2.72. The van der Waals surface area contributed by atoms with E-state index in [1.807, 2.05) is 0 Å². The largest absolute Gasteiger partial charge is 0.345 e. The van der Waals surface area contributed by atoms with E-state index in [1.165, 1.54) is 30.7 Å². The van der Waals surface area contributed by atoms with Crippen LogP contribution >= 0.6 is 0 Å². The summed E-state index contributed by atoms with van der Waals surface area (Å²) >= 11 is 0. The van der Waals surface area contributed by atoms with Gasteiger partial charge in [0.25, 0.3) is 5.91 Å². The fraction of sp³-hybridized carbons (Fsp3) is 0.176. The average Bonchev–Trinajstić information content (AvgIpc) is 3.17. The summed E-state index contributed by atoms with van der Waals surface area (Å²) < 4.78 is 21.2. The first-order chi connectivity index (χ1) is 12.7. The van der Waals surface area contributed by atoms with Gasteiger partial charge in [-0.2, -0.15) is 0 Å². The summed E-state index contributed by atoms with van der Waals surface area (Å²) in [5.41, 5.74) is 1.95. The fourth-order valence-electron chi connectivity index (χ4n) is 2.85. The maximum atomic E-state index is 13.8. The predicted octanol–water partition coefficient (Wildman–Crippen LogP) is 1.27. The van der Waals surface area contributed by atoms with Crippen LogP contribution in [0.1, 0.15) is 16.1 Å². The SMILES string of the molecule is O=C(NOC1COC1(c1cccc(F)c1)n1ccnc1)c1ccncn1. The monoisotopic (exact) mass is 355 g/mol. The number of nitrogens with zero attached hydrogens (tertiary/aromatic N) is 4. The van der Waals surface area contributed by atoms with Crippen molar-refractivity contribution in [2.75, 3.05) is 6.61 Å². The summed E-state index contributed by atoms with van der Waals surface area (Å²) in [5.74, 6) is -0.917. The molecule has 2 aromatic heterocycles. The summed E-state index contributed by atoms with van der Waals surface area (Å²) in [5, 5.41) is 0. The van der Waals surface area contributed by atoms with Crippen LogP contribution in [0.4, 0.5) is 4.39 Å². The molecule has 1 amide bonds. The molecule has 1 aliphatic heterocycles. The Morgan fingerprint density at radius 2 is 2.27 bits per heavy atom. The second kappa shape index (κ2) is 6.62. The van der Waals surface area contributed by atoms with Crippen LogP contribution in [0.25, 0.3) is 0 Å². The van der Waals surface area contributed by atoms with Crippen molar-refractivity contribution in [1.29, 1.82) is 0 Å². The molecule has 26 heavy (non-hydrogen) atoms. The lowest BCUT2D eigenvalue weighted by Gasteiger charge is -2.48. The number of amides is 1. The fourth-order valence-corrected chi connectivity index (χ4v) is 2.85. The smallest absolute Gasteiger partial charge is 0.293 e. The van der Waals surface area contributed by atoms with Crippen molar-refractivity contribution in [3.05, 3.63) is 78.7 Å². The van der Waals surface area contributed by atoms with Crippen molar-refractivity contribution < 1.29 is 18.8 Å². The van der Waals surface area contributed by atoms with Gasteiger partial charge in [0, 0.05) is 24.2 Å². The van der Waals surface area contributed by atoms with Crippen molar-refractivity contribution in [3.8, 4) is 0 Å². The van der Waals surface area contributed by atoms with Crippen molar-refractivity contribution in [3.63, 3.8) is 0 Å². The number of halogens is 1. The molecule has 1 aromatic carbocycles. The Kier molecular flexibility index (Phi) is 4.15. The molecule has 1 fully saturated rings. The molecular formula is C17H14FN5O3. The number of benzene rings is 1. The number of ether oxygens (including phenoxy) is 1. The van der Waals surface area contributed by atoms with Crippen LogP contribution in [0.2, 0.25) is 0 Å². The number of hydroxylamine groups is 1. The Morgan fingerprint density at radius 3 is 2.92 bits per heavy atom. The van der Waals surface area contributed by atoms with E-state index in [2.05, 4.69) is 20.4 Å². The molecule has 4 rings (SSSR count). The van der Waals surface area contributed by atoms with Crippen LogP contribution in [0, 0.1) is 5.82 Å². The van der Waals surface area contributed by atoms with Gasteiger partial charge in [-0.25, -0.2) is 24.8 Å². The standard InChI is InChI=1S/C17H14FN5O3/c18-13-3-1-2-12(8-13)17(23-7-6-20-11-23)15(9-25-17)26-22-16(24)14-4-5-19-10-21-14/h1-8,10-11,15H,9H2,(H,22,24). The molecule has 2 unspecified atom stereocenters. The highest BCUT2D eigenvalue weighted by molar-refractivity contribution is 5.91. The Hall–Kier alpha value is -3.17. The topological polar surface area (TPSA) is 91.2 Å². The normalized spacial score (nSPS) is 21.8. The van der Waals surface area contributed by atoms with E-state index < -0.39 is 23.6 Å². The number of hydrogen-bond acceptors (Lipinski definition) is 6. The van der Waals surface area contributed by atoms with Crippen LogP contribution in [-0.4, -0.2) is 38.1 Å². The molecule has 1 saturated heterocycles. The number of carbonyl (C=O) groups excluding carboxylic acids is 1. The van der Waals surface area contributed by atoms with Crippen molar-refractivity contribution in [2.45, 2.75) is 11.8 Å². The number of hydrogen-bond donors (Lipinski definition) is 1. The molecule has 3 heterocycles. The maximum Gasteiger partial charge on any atom is 0.293 e. The highest BCUT2D eigenvalue weighted by Crippen LogP contribution is 2.40. The van der Waals surface area contributed by atoms with Crippen LogP contribution in [0.5, 0.6) is 0 Å². The summed E-state index contributed by atoms with van der Waals surface area (Å²) in [6.07, 6.45) is 6.95. The zero-order valence-electron chi connectivity index (χ0n) is 13.4. The molecule has 0 aliphatic carbocycles. The Balaban J connectivity index is 1.59. The first-order valence-corrected chi connectivity index (χ1v) is 7.80. The minimum Gasteiger partial charge on any atom is -0.345 e. The van der Waals surface area contributed by atoms with E-state index in [1.54, 1.807) is 35.4 Å². The van der Waals surface area contributed by atoms with E-state index in [-0.39, 0.29) is 12.3 Å². The van der Waals surface area contributed by atoms with Gasteiger partial charge in [0.15, 0.2) is 6.10 Å². The van der Waals surface area contributed by atoms with E-state index in [9.17, 15) is 9.18 Å². The molecule has 1 aliphatic rings. The molecule has 2 atom stereocenters. The van der Waals surface area contributed by atoms with Crippen molar-refractivity contribution in [2.24, 2.45) is 0 Å². The van der Waals surface area contributed by atoms with Crippen LogP contribution in [-0.2, 0) is 15.3 Å². The Morgan fingerprint density at radius 1 is 1.35 bits per heavy atom. The van der Waals surface area contributed by atoms with E-state index >= 15 is 0 Å². The lowest BCUT2D eigenvalue weighted by atomic mass is 9.92. The molecule has 0 bridgehead atoms. The first-order valence-electron chi connectivity index (χ1n) is 7.80. The molecule has 0 spiro atoms. The minimum atomic E-state index is -1.13. The predicted molar refractivity (Wildman–Crippen MR) is 86.0 cm³/mol. The molecule has 132 valence electrons. The van der Waals surface area contributed by atoms with Gasteiger partial charge in [-0.3, -0.25) is 9.63 Å². The highest BCUT2D eigenvalue weighted by atomic mass is 19.1. The second-order valence-electron chi connectivity index (χ2n) is 5.62. The van der Waals surface area contributed by atoms with E-state index in [0.29, 0.717) is 5.56 Å². The molecule has 1 N–H and O–H groups in total. The number of nitrogens with one attached hydrogen (secondary N) is 1. The van der Waals surface area contributed by atoms with Gasteiger partial charge in [-0.05, 0) is 18.2 Å². The molecule has 9 heteroatoms. The zero-order valence-corrected chi connectivity index (χ0v) is 13.4.